The summed E-state index contributed by atoms with van der Waals surface area (Å²) in [4.78, 5) is 22.2. The van der Waals surface area contributed by atoms with Crippen LogP contribution < -0.4 is 11.1 Å². The quantitative estimate of drug-likeness (QED) is 0.452. The second-order valence-corrected chi connectivity index (χ2v) is 2.95. The van der Waals surface area contributed by atoms with Gasteiger partial charge in [0.15, 0.2) is 6.10 Å². The van der Waals surface area contributed by atoms with Crippen LogP contribution in [0.3, 0.4) is 0 Å². The molecule has 1 rings (SSSR count). The van der Waals surface area contributed by atoms with Crippen LogP contribution in [0.4, 0.5) is 5.69 Å². The standard InChI is InChI=1S/C8H12N4O4/c1-16-8(15)5(13)3-10-7(14)6-4(9)2-11-12-6/h2,5,13H,3,9H2,1H3,(H,10,14)(H,11,12). The Morgan fingerprint density at radius 2 is 2.44 bits per heavy atom. The maximum atomic E-state index is 11.4. The van der Waals surface area contributed by atoms with Crippen LogP contribution in [0.25, 0.3) is 0 Å². The summed E-state index contributed by atoms with van der Waals surface area (Å²) in [5.41, 5.74) is 5.69. The Morgan fingerprint density at radius 1 is 1.75 bits per heavy atom. The molecule has 0 aromatic carbocycles. The molecule has 0 saturated carbocycles. The largest absolute Gasteiger partial charge is 0.467 e. The molecule has 0 radical (unpaired) electrons. The highest BCUT2D eigenvalue weighted by atomic mass is 16.5. The molecule has 1 atom stereocenters. The van der Waals surface area contributed by atoms with E-state index in [1.807, 2.05) is 0 Å². The minimum Gasteiger partial charge on any atom is -0.467 e. The highest BCUT2D eigenvalue weighted by molar-refractivity contribution is 5.97. The van der Waals surface area contributed by atoms with E-state index in [2.05, 4.69) is 20.3 Å². The molecule has 0 aliphatic carbocycles. The summed E-state index contributed by atoms with van der Waals surface area (Å²) < 4.78 is 4.27. The van der Waals surface area contributed by atoms with E-state index < -0.39 is 18.0 Å². The number of H-pyrrole nitrogens is 1. The number of amides is 1. The molecule has 1 heterocycles. The fraction of sp³-hybridized carbons (Fsp3) is 0.375. The van der Waals surface area contributed by atoms with Gasteiger partial charge >= 0.3 is 5.97 Å². The van der Waals surface area contributed by atoms with Gasteiger partial charge < -0.3 is 20.9 Å². The molecule has 1 amide bonds. The molecule has 0 bridgehead atoms. The maximum absolute atomic E-state index is 11.4. The van der Waals surface area contributed by atoms with Crippen molar-refractivity contribution in [3.8, 4) is 0 Å². The van der Waals surface area contributed by atoms with E-state index in [-0.39, 0.29) is 17.9 Å². The fourth-order valence-electron chi connectivity index (χ4n) is 0.974. The zero-order valence-electron chi connectivity index (χ0n) is 8.56. The number of carbonyl (C=O) groups excluding carboxylic acids is 2. The van der Waals surface area contributed by atoms with Crippen molar-refractivity contribution in [1.82, 2.24) is 15.5 Å². The first-order valence-electron chi connectivity index (χ1n) is 4.39. The number of aliphatic hydroxyl groups excluding tert-OH is 1. The third kappa shape index (κ3) is 2.70. The molecule has 1 aromatic rings. The number of rotatable bonds is 4. The van der Waals surface area contributed by atoms with Gasteiger partial charge in [-0.3, -0.25) is 9.89 Å². The number of hydrogen-bond donors (Lipinski definition) is 4. The number of nitrogens with two attached hydrogens (primary N) is 1. The van der Waals surface area contributed by atoms with Gasteiger partial charge in [0, 0.05) is 0 Å². The second kappa shape index (κ2) is 5.12. The van der Waals surface area contributed by atoms with Gasteiger partial charge in [-0.05, 0) is 0 Å². The first-order valence-corrected chi connectivity index (χ1v) is 4.39. The lowest BCUT2D eigenvalue weighted by Crippen LogP contribution is -2.37. The third-order valence-electron chi connectivity index (χ3n) is 1.82. The van der Waals surface area contributed by atoms with Crippen molar-refractivity contribution in [2.75, 3.05) is 19.4 Å². The summed E-state index contributed by atoms with van der Waals surface area (Å²) in [6, 6.07) is 0. The monoisotopic (exact) mass is 228 g/mol. The number of nitrogen functional groups attached to an aromatic ring is 1. The topological polar surface area (TPSA) is 130 Å². The Labute approximate surface area is 90.8 Å². The van der Waals surface area contributed by atoms with E-state index in [1.54, 1.807) is 0 Å². The molecule has 0 aliphatic rings. The second-order valence-electron chi connectivity index (χ2n) is 2.95. The Balaban J connectivity index is 2.48. The van der Waals surface area contributed by atoms with Crippen LogP contribution in [0.1, 0.15) is 10.5 Å². The smallest absolute Gasteiger partial charge is 0.336 e. The van der Waals surface area contributed by atoms with Crippen molar-refractivity contribution in [3.05, 3.63) is 11.9 Å². The number of methoxy groups -OCH3 is 1. The van der Waals surface area contributed by atoms with Gasteiger partial charge in [0.05, 0.1) is 25.5 Å². The lowest BCUT2D eigenvalue weighted by atomic mass is 10.3. The maximum Gasteiger partial charge on any atom is 0.336 e. The number of aromatic nitrogens is 2. The van der Waals surface area contributed by atoms with Crippen LogP contribution in [0, 0.1) is 0 Å². The molecule has 1 aromatic heterocycles. The van der Waals surface area contributed by atoms with Crippen molar-refractivity contribution in [1.29, 1.82) is 0 Å². The normalized spacial score (nSPS) is 11.9. The first-order chi connectivity index (χ1) is 7.56. The average Bonchev–Trinajstić information content (AvgIpc) is 2.70. The predicted octanol–water partition coefficient (Wildman–Crippen LogP) is -1.74. The summed E-state index contributed by atoms with van der Waals surface area (Å²) in [5.74, 6) is -1.38. The van der Waals surface area contributed by atoms with Gasteiger partial charge in [0.2, 0.25) is 0 Å². The lowest BCUT2D eigenvalue weighted by Gasteiger charge is -2.08. The number of nitrogens with one attached hydrogen (secondary N) is 2. The lowest BCUT2D eigenvalue weighted by molar-refractivity contribution is -0.149. The SMILES string of the molecule is COC(=O)C(O)CNC(=O)c1[nH]ncc1N. The molecule has 16 heavy (non-hydrogen) atoms. The van der Waals surface area contributed by atoms with E-state index in [0.717, 1.165) is 7.11 Å². The van der Waals surface area contributed by atoms with Crippen LogP contribution in [-0.4, -0.2) is 46.9 Å². The van der Waals surface area contributed by atoms with Crippen LogP contribution in [0.2, 0.25) is 0 Å². The zero-order valence-corrected chi connectivity index (χ0v) is 8.56. The Bertz CT molecular complexity index is 389. The molecular weight excluding hydrogens is 216 g/mol. The highest BCUT2D eigenvalue weighted by Gasteiger charge is 2.18. The van der Waals surface area contributed by atoms with Gasteiger partial charge in [0.25, 0.3) is 5.91 Å². The van der Waals surface area contributed by atoms with Crippen molar-refractivity contribution in [2.24, 2.45) is 0 Å². The van der Waals surface area contributed by atoms with E-state index in [9.17, 15) is 14.7 Å². The van der Waals surface area contributed by atoms with Gasteiger partial charge in [-0.2, -0.15) is 5.10 Å². The van der Waals surface area contributed by atoms with Crippen molar-refractivity contribution in [2.45, 2.75) is 6.10 Å². The first kappa shape index (κ1) is 12.0. The Kier molecular flexibility index (Phi) is 3.84. The minimum absolute atomic E-state index is 0.0806. The van der Waals surface area contributed by atoms with Crippen molar-refractivity contribution < 1.29 is 19.4 Å². The molecule has 88 valence electrons. The van der Waals surface area contributed by atoms with Crippen LogP contribution in [0.15, 0.2) is 6.20 Å². The minimum atomic E-state index is -1.40. The number of aromatic amines is 1. The third-order valence-corrected chi connectivity index (χ3v) is 1.82. The van der Waals surface area contributed by atoms with Crippen molar-refractivity contribution in [3.63, 3.8) is 0 Å². The molecule has 0 saturated heterocycles. The molecule has 0 fully saturated rings. The average molecular weight is 228 g/mol. The van der Waals surface area contributed by atoms with Crippen LogP contribution >= 0.6 is 0 Å². The number of ether oxygens (including phenoxy) is 1. The van der Waals surface area contributed by atoms with Crippen molar-refractivity contribution >= 4 is 17.6 Å². The number of carbonyl (C=O) groups is 2. The van der Waals surface area contributed by atoms with Crippen LogP contribution in [-0.2, 0) is 9.53 Å². The summed E-state index contributed by atoms with van der Waals surface area (Å²) in [6.45, 7) is -0.260. The summed E-state index contributed by atoms with van der Waals surface area (Å²) in [6.07, 6.45) is -0.121. The Hall–Kier alpha value is -2.09. The molecule has 0 aliphatic heterocycles. The fourth-order valence-corrected chi connectivity index (χ4v) is 0.974. The molecule has 1 unspecified atom stereocenters. The van der Waals surface area contributed by atoms with E-state index in [1.165, 1.54) is 6.20 Å². The summed E-state index contributed by atoms with van der Waals surface area (Å²) >= 11 is 0. The zero-order chi connectivity index (χ0) is 12.1. The molecular formula is C8H12N4O4. The van der Waals surface area contributed by atoms with Gasteiger partial charge in [-0.1, -0.05) is 0 Å². The van der Waals surface area contributed by atoms with E-state index in [0.29, 0.717) is 0 Å². The number of anilines is 1. The molecule has 5 N–H and O–H groups in total. The summed E-state index contributed by atoms with van der Waals surface area (Å²) in [7, 11) is 1.14. The molecule has 0 spiro atoms. The highest BCUT2D eigenvalue weighted by Crippen LogP contribution is 2.04. The van der Waals surface area contributed by atoms with Crippen LogP contribution in [0.5, 0.6) is 0 Å². The van der Waals surface area contributed by atoms with E-state index >= 15 is 0 Å². The number of nitrogens with zero attached hydrogens (tertiary/aromatic N) is 1. The van der Waals surface area contributed by atoms with Gasteiger partial charge in [0.1, 0.15) is 5.69 Å². The van der Waals surface area contributed by atoms with Gasteiger partial charge in [-0.15, -0.1) is 0 Å². The predicted molar refractivity (Wildman–Crippen MR) is 53.4 cm³/mol. The summed E-state index contributed by atoms with van der Waals surface area (Å²) in [5, 5.41) is 17.4. The Morgan fingerprint density at radius 3 is 2.94 bits per heavy atom. The molecule has 8 nitrogen and oxygen atoms in total. The number of esters is 1. The van der Waals surface area contributed by atoms with Gasteiger partial charge in [-0.25, -0.2) is 4.79 Å². The number of hydrogen-bond acceptors (Lipinski definition) is 6. The molecule has 8 heteroatoms. The van der Waals surface area contributed by atoms with E-state index in [4.69, 9.17) is 5.73 Å². The number of aliphatic hydroxyl groups is 1.